The molecule has 2 aromatic carbocycles. The third-order valence-electron chi connectivity index (χ3n) is 2.61. The lowest BCUT2D eigenvalue weighted by Gasteiger charge is -2.06. The summed E-state index contributed by atoms with van der Waals surface area (Å²) in [6, 6.07) is 15.3. The average Bonchev–Trinajstić information content (AvgIpc) is 2.41. The zero-order valence-electron chi connectivity index (χ0n) is 10.1. The van der Waals surface area contributed by atoms with Crippen molar-refractivity contribution in [3.63, 3.8) is 0 Å². The fourth-order valence-electron chi connectivity index (χ4n) is 1.59. The van der Waals surface area contributed by atoms with Crippen LogP contribution in [0.3, 0.4) is 0 Å². The first-order chi connectivity index (χ1) is 9.16. The molecule has 0 heterocycles. The van der Waals surface area contributed by atoms with Crippen molar-refractivity contribution in [1.29, 1.82) is 0 Å². The zero-order chi connectivity index (χ0) is 13.7. The van der Waals surface area contributed by atoms with Gasteiger partial charge in [0.05, 0.1) is 6.61 Å². The van der Waals surface area contributed by atoms with Gasteiger partial charge in [-0.1, -0.05) is 46.3 Å². The first-order valence-corrected chi connectivity index (χ1v) is 7.64. The van der Waals surface area contributed by atoms with Crippen molar-refractivity contribution >= 4 is 44.3 Å². The van der Waals surface area contributed by atoms with Crippen molar-refractivity contribution < 1.29 is 9.53 Å². The van der Waals surface area contributed by atoms with Crippen LogP contribution in [-0.2, 0) is 11.3 Å². The van der Waals surface area contributed by atoms with Gasteiger partial charge >= 0.3 is 0 Å². The zero-order valence-corrected chi connectivity index (χ0v) is 13.8. The van der Waals surface area contributed by atoms with Gasteiger partial charge in [-0.25, -0.2) is 0 Å². The Kier molecular flexibility index (Phi) is 5.54. The van der Waals surface area contributed by atoms with E-state index in [1.807, 2.05) is 48.5 Å². The lowest BCUT2D eigenvalue weighted by atomic mass is 10.1. The molecule has 2 rings (SSSR count). The molecule has 19 heavy (non-hydrogen) atoms. The van der Waals surface area contributed by atoms with Crippen LogP contribution in [0.25, 0.3) is 0 Å². The highest BCUT2D eigenvalue weighted by Crippen LogP contribution is 2.16. The van der Waals surface area contributed by atoms with Crippen LogP contribution >= 0.6 is 38.5 Å². The third kappa shape index (κ3) is 4.40. The van der Waals surface area contributed by atoms with Gasteiger partial charge in [0, 0.05) is 13.6 Å². The molecule has 0 bridgehead atoms. The van der Waals surface area contributed by atoms with Gasteiger partial charge in [0.1, 0.15) is 6.61 Å². The van der Waals surface area contributed by atoms with Crippen molar-refractivity contribution in [2.75, 3.05) is 6.61 Å². The molecule has 98 valence electrons. The Balaban J connectivity index is 1.88. The molecular weight excluding hydrogens is 419 g/mol. The molecule has 0 atom stereocenters. The number of ether oxygens (including phenoxy) is 1. The Morgan fingerprint density at radius 3 is 2.47 bits per heavy atom. The van der Waals surface area contributed by atoms with Gasteiger partial charge in [-0.3, -0.25) is 4.79 Å². The minimum atomic E-state index is 0.00320. The average molecular weight is 431 g/mol. The van der Waals surface area contributed by atoms with Gasteiger partial charge in [-0.05, 0) is 46.4 Å². The molecule has 0 saturated heterocycles. The van der Waals surface area contributed by atoms with Gasteiger partial charge in [0.15, 0.2) is 5.78 Å². The highest BCUT2D eigenvalue weighted by atomic mass is 127. The summed E-state index contributed by atoms with van der Waals surface area (Å²) < 4.78 is 7.58. The normalized spacial score (nSPS) is 10.4. The van der Waals surface area contributed by atoms with E-state index < -0.39 is 0 Å². The molecule has 2 aromatic rings. The highest BCUT2D eigenvalue weighted by Gasteiger charge is 2.06. The van der Waals surface area contributed by atoms with Crippen LogP contribution in [0.15, 0.2) is 53.0 Å². The van der Waals surface area contributed by atoms with Gasteiger partial charge in [-0.15, -0.1) is 0 Å². The molecule has 0 radical (unpaired) electrons. The Morgan fingerprint density at radius 1 is 1.11 bits per heavy atom. The van der Waals surface area contributed by atoms with Crippen LogP contribution in [0.2, 0.25) is 0 Å². The molecule has 0 aliphatic rings. The number of Topliss-reactive ketones (excluding diaryl/α,β-unsaturated/α-hetero) is 1. The summed E-state index contributed by atoms with van der Waals surface area (Å²) in [4.78, 5) is 11.9. The highest BCUT2D eigenvalue weighted by molar-refractivity contribution is 14.1. The van der Waals surface area contributed by atoms with Gasteiger partial charge in [0.25, 0.3) is 0 Å². The maximum Gasteiger partial charge on any atom is 0.188 e. The number of rotatable bonds is 5. The maximum atomic E-state index is 11.9. The molecular formula is C15H12BrIO2. The first kappa shape index (κ1) is 14.7. The molecule has 0 aromatic heterocycles. The van der Waals surface area contributed by atoms with Crippen LogP contribution in [0.1, 0.15) is 15.9 Å². The van der Waals surface area contributed by atoms with E-state index >= 15 is 0 Å². The Morgan fingerprint density at radius 2 is 1.79 bits per heavy atom. The molecule has 0 unspecified atom stereocenters. The summed E-state index contributed by atoms with van der Waals surface area (Å²) in [5, 5.41) is 0. The molecule has 0 amide bonds. The SMILES string of the molecule is O=C(COCc1ccccc1Br)c1ccc(I)cc1. The first-order valence-electron chi connectivity index (χ1n) is 5.77. The minimum absolute atomic E-state index is 0.00320. The lowest BCUT2D eigenvalue weighted by Crippen LogP contribution is -2.09. The summed E-state index contributed by atoms with van der Waals surface area (Å²) in [6.45, 7) is 0.527. The molecule has 0 aliphatic heterocycles. The fourth-order valence-corrected chi connectivity index (χ4v) is 2.35. The summed E-state index contributed by atoms with van der Waals surface area (Å²) in [5.74, 6) is 0.00320. The van der Waals surface area contributed by atoms with E-state index in [-0.39, 0.29) is 12.4 Å². The summed E-state index contributed by atoms with van der Waals surface area (Å²) >= 11 is 5.66. The van der Waals surface area contributed by atoms with Crippen molar-refractivity contribution in [1.82, 2.24) is 0 Å². The second-order valence-electron chi connectivity index (χ2n) is 4.01. The predicted molar refractivity (Wildman–Crippen MR) is 87.3 cm³/mol. The van der Waals surface area contributed by atoms with E-state index in [0.717, 1.165) is 13.6 Å². The summed E-state index contributed by atoms with van der Waals surface area (Å²) in [5.41, 5.74) is 1.73. The summed E-state index contributed by atoms with van der Waals surface area (Å²) in [7, 11) is 0. The van der Waals surface area contributed by atoms with Crippen molar-refractivity contribution in [2.24, 2.45) is 0 Å². The number of carbonyl (C=O) groups excluding carboxylic acids is 1. The number of ketones is 1. The van der Waals surface area contributed by atoms with E-state index in [0.29, 0.717) is 12.2 Å². The molecule has 2 nitrogen and oxygen atoms in total. The molecule has 4 heteroatoms. The molecule has 0 fully saturated rings. The predicted octanol–water partition coefficient (Wildman–Crippen LogP) is 4.45. The van der Waals surface area contributed by atoms with Crippen molar-refractivity contribution in [2.45, 2.75) is 6.61 Å². The second-order valence-corrected chi connectivity index (χ2v) is 6.11. The van der Waals surface area contributed by atoms with E-state index in [1.54, 1.807) is 0 Å². The van der Waals surface area contributed by atoms with E-state index in [2.05, 4.69) is 38.5 Å². The third-order valence-corrected chi connectivity index (χ3v) is 4.11. The smallest absolute Gasteiger partial charge is 0.188 e. The van der Waals surface area contributed by atoms with Crippen LogP contribution in [0.5, 0.6) is 0 Å². The van der Waals surface area contributed by atoms with Gasteiger partial charge in [0.2, 0.25) is 0 Å². The lowest BCUT2D eigenvalue weighted by molar-refractivity contribution is 0.0725. The number of halogens is 2. The Bertz CT molecular complexity index is 567. The van der Waals surface area contributed by atoms with Gasteiger partial charge in [-0.2, -0.15) is 0 Å². The van der Waals surface area contributed by atoms with E-state index in [4.69, 9.17) is 4.74 Å². The van der Waals surface area contributed by atoms with E-state index in [9.17, 15) is 4.79 Å². The molecule has 0 spiro atoms. The summed E-state index contributed by atoms with van der Waals surface area (Å²) in [6.07, 6.45) is 0. The topological polar surface area (TPSA) is 26.3 Å². The number of carbonyl (C=O) groups is 1. The van der Waals surface area contributed by atoms with Crippen LogP contribution in [0.4, 0.5) is 0 Å². The van der Waals surface area contributed by atoms with E-state index in [1.165, 1.54) is 0 Å². The molecule has 0 N–H and O–H groups in total. The van der Waals surface area contributed by atoms with Gasteiger partial charge < -0.3 is 4.74 Å². The number of benzene rings is 2. The standard InChI is InChI=1S/C15H12BrIO2/c16-14-4-2-1-3-12(14)9-19-10-15(18)11-5-7-13(17)8-6-11/h1-8H,9-10H2. The van der Waals surface area contributed by atoms with Crippen molar-refractivity contribution in [3.8, 4) is 0 Å². The fraction of sp³-hybridized carbons (Fsp3) is 0.133. The van der Waals surface area contributed by atoms with Crippen molar-refractivity contribution in [3.05, 3.63) is 67.7 Å². The largest absolute Gasteiger partial charge is 0.369 e. The number of hydrogen-bond acceptors (Lipinski definition) is 2. The van der Waals surface area contributed by atoms with Crippen LogP contribution in [0, 0.1) is 3.57 Å². The molecule has 0 saturated carbocycles. The molecule has 0 aliphatic carbocycles. The number of hydrogen-bond donors (Lipinski definition) is 0. The Labute approximate surface area is 134 Å². The minimum Gasteiger partial charge on any atom is -0.369 e. The Hall–Kier alpha value is -0.720. The van der Waals surface area contributed by atoms with Crippen LogP contribution < -0.4 is 0 Å². The second kappa shape index (κ2) is 7.17. The van der Waals surface area contributed by atoms with Crippen LogP contribution in [-0.4, -0.2) is 12.4 Å². The maximum absolute atomic E-state index is 11.9. The quantitative estimate of drug-likeness (QED) is 0.517. The monoisotopic (exact) mass is 430 g/mol.